The Morgan fingerprint density at radius 1 is 1.37 bits per heavy atom. The van der Waals surface area contributed by atoms with E-state index in [1.165, 1.54) is 12.1 Å². The van der Waals surface area contributed by atoms with Crippen molar-refractivity contribution in [2.75, 3.05) is 5.32 Å². The molecule has 1 aromatic rings. The van der Waals surface area contributed by atoms with E-state index < -0.39 is 17.6 Å². The number of hydrogen-bond donors (Lipinski definition) is 3. The minimum Gasteiger partial charge on any atom is -0.366 e. The lowest BCUT2D eigenvalue weighted by Gasteiger charge is -2.15. The van der Waals surface area contributed by atoms with Gasteiger partial charge < -0.3 is 16.8 Å². The van der Waals surface area contributed by atoms with Crippen LogP contribution in [0.15, 0.2) is 18.2 Å². The van der Waals surface area contributed by atoms with E-state index in [2.05, 4.69) is 5.32 Å². The molecule has 0 heterocycles. The van der Waals surface area contributed by atoms with Crippen molar-refractivity contribution in [1.29, 1.82) is 0 Å². The summed E-state index contributed by atoms with van der Waals surface area (Å²) in [6, 6.07) is 3.24. The maximum absolute atomic E-state index is 13.5. The van der Waals surface area contributed by atoms with Gasteiger partial charge in [0.1, 0.15) is 5.82 Å². The summed E-state index contributed by atoms with van der Waals surface area (Å²) in [5.74, 6) is -1.57. The smallest absolute Gasteiger partial charge is 0.248 e. The summed E-state index contributed by atoms with van der Waals surface area (Å²) in [4.78, 5) is 22.7. The van der Waals surface area contributed by atoms with Crippen LogP contribution in [0.4, 0.5) is 10.1 Å². The van der Waals surface area contributed by atoms with Crippen LogP contribution >= 0.6 is 0 Å². The van der Waals surface area contributed by atoms with E-state index in [9.17, 15) is 14.0 Å². The Hall–Kier alpha value is -1.95. The molecule has 1 aromatic carbocycles. The highest BCUT2D eigenvalue weighted by Gasteiger charge is 2.15. The third kappa shape index (κ3) is 4.33. The summed E-state index contributed by atoms with van der Waals surface area (Å²) < 4.78 is 13.5. The molecule has 0 saturated heterocycles. The number of primary amides is 1. The van der Waals surface area contributed by atoms with Gasteiger partial charge >= 0.3 is 0 Å². The fourth-order valence-corrected chi connectivity index (χ4v) is 1.43. The van der Waals surface area contributed by atoms with Gasteiger partial charge in [-0.05, 0) is 24.1 Å². The van der Waals surface area contributed by atoms with Gasteiger partial charge in [-0.25, -0.2) is 4.39 Å². The number of nitrogens with two attached hydrogens (primary N) is 2. The molecular weight excluding hydrogens is 249 g/mol. The molecule has 0 aliphatic heterocycles. The van der Waals surface area contributed by atoms with E-state index in [-0.39, 0.29) is 29.6 Å². The van der Waals surface area contributed by atoms with E-state index in [0.29, 0.717) is 0 Å². The summed E-state index contributed by atoms with van der Waals surface area (Å²) >= 11 is 0. The molecule has 1 unspecified atom stereocenters. The molecule has 0 aliphatic carbocycles. The Labute approximate surface area is 111 Å². The number of benzene rings is 1. The Balaban J connectivity index is 2.79. The number of halogens is 1. The van der Waals surface area contributed by atoms with E-state index in [1.54, 1.807) is 0 Å². The fraction of sp³-hybridized carbons (Fsp3) is 0.385. The lowest BCUT2D eigenvalue weighted by atomic mass is 10.0. The van der Waals surface area contributed by atoms with Crippen molar-refractivity contribution in [3.8, 4) is 0 Å². The van der Waals surface area contributed by atoms with Crippen LogP contribution in [-0.2, 0) is 4.79 Å². The van der Waals surface area contributed by atoms with Gasteiger partial charge in [-0.3, -0.25) is 9.59 Å². The molecule has 1 atom stereocenters. The quantitative estimate of drug-likeness (QED) is 0.748. The minimum absolute atomic E-state index is 0.0720. The van der Waals surface area contributed by atoms with E-state index >= 15 is 0 Å². The highest BCUT2D eigenvalue weighted by atomic mass is 19.1. The monoisotopic (exact) mass is 267 g/mol. The van der Waals surface area contributed by atoms with Crippen LogP contribution < -0.4 is 16.8 Å². The second-order valence-corrected chi connectivity index (χ2v) is 4.72. The molecule has 0 fully saturated rings. The molecule has 104 valence electrons. The second kappa shape index (κ2) is 6.29. The molecule has 0 spiro atoms. The number of carbonyl (C=O) groups excluding carboxylic acids is 2. The largest absolute Gasteiger partial charge is 0.366 e. The summed E-state index contributed by atoms with van der Waals surface area (Å²) in [7, 11) is 0. The third-order valence-electron chi connectivity index (χ3n) is 2.80. The van der Waals surface area contributed by atoms with Gasteiger partial charge in [-0.1, -0.05) is 13.8 Å². The van der Waals surface area contributed by atoms with E-state index in [1.807, 2.05) is 13.8 Å². The fourth-order valence-electron chi connectivity index (χ4n) is 1.43. The number of carbonyl (C=O) groups is 2. The van der Waals surface area contributed by atoms with Gasteiger partial charge in [-0.15, -0.1) is 0 Å². The summed E-state index contributed by atoms with van der Waals surface area (Å²) in [6.07, 6.45) is 0.0813. The Morgan fingerprint density at radius 3 is 2.53 bits per heavy atom. The van der Waals surface area contributed by atoms with Crippen molar-refractivity contribution < 1.29 is 14.0 Å². The molecule has 0 aromatic heterocycles. The van der Waals surface area contributed by atoms with Gasteiger partial charge in [0, 0.05) is 18.0 Å². The Kier molecular flexibility index (Phi) is 5.00. The number of rotatable bonds is 5. The van der Waals surface area contributed by atoms with Crippen molar-refractivity contribution in [2.45, 2.75) is 26.3 Å². The van der Waals surface area contributed by atoms with E-state index in [0.717, 1.165) is 6.07 Å². The molecule has 0 bridgehead atoms. The van der Waals surface area contributed by atoms with Crippen molar-refractivity contribution in [2.24, 2.45) is 17.4 Å². The van der Waals surface area contributed by atoms with Crippen LogP contribution in [0.1, 0.15) is 30.6 Å². The SMILES string of the molecule is CC(C)C(N)CC(=O)Nc1cc(C(N)=O)ccc1F. The predicted octanol–water partition coefficient (Wildman–Crippen LogP) is 1.24. The summed E-state index contributed by atoms with van der Waals surface area (Å²) in [5.41, 5.74) is 10.9. The van der Waals surface area contributed by atoms with Crippen molar-refractivity contribution in [1.82, 2.24) is 0 Å². The van der Waals surface area contributed by atoms with Crippen LogP contribution in [-0.4, -0.2) is 17.9 Å². The first kappa shape index (κ1) is 15.1. The average molecular weight is 267 g/mol. The van der Waals surface area contributed by atoms with Crippen LogP contribution in [0.3, 0.4) is 0 Å². The number of amides is 2. The summed E-state index contributed by atoms with van der Waals surface area (Å²) in [6.45, 7) is 3.79. The summed E-state index contributed by atoms with van der Waals surface area (Å²) in [5, 5.41) is 2.39. The second-order valence-electron chi connectivity index (χ2n) is 4.72. The molecule has 0 saturated carbocycles. The Bertz CT molecular complexity index is 489. The first-order valence-electron chi connectivity index (χ1n) is 5.96. The van der Waals surface area contributed by atoms with Crippen molar-refractivity contribution >= 4 is 17.5 Å². The molecule has 0 aliphatic rings. The normalized spacial score (nSPS) is 12.3. The van der Waals surface area contributed by atoms with Gasteiger partial charge in [-0.2, -0.15) is 0 Å². The van der Waals surface area contributed by atoms with Gasteiger partial charge in [0.05, 0.1) is 5.69 Å². The third-order valence-corrected chi connectivity index (χ3v) is 2.80. The number of hydrogen-bond acceptors (Lipinski definition) is 3. The first-order valence-corrected chi connectivity index (χ1v) is 5.96. The van der Waals surface area contributed by atoms with Crippen molar-refractivity contribution in [3.63, 3.8) is 0 Å². The minimum atomic E-state index is -0.686. The predicted molar refractivity (Wildman–Crippen MR) is 71.0 cm³/mol. The standard InChI is InChI=1S/C13H18FN3O2/c1-7(2)10(15)6-12(18)17-11-5-8(13(16)19)3-4-9(11)14/h3-5,7,10H,6,15H2,1-2H3,(H2,16,19)(H,17,18). The molecule has 6 heteroatoms. The van der Waals surface area contributed by atoms with Gasteiger partial charge in [0.25, 0.3) is 0 Å². The number of anilines is 1. The van der Waals surface area contributed by atoms with Crippen LogP contribution in [0, 0.1) is 11.7 Å². The average Bonchev–Trinajstić information content (AvgIpc) is 2.31. The zero-order valence-electron chi connectivity index (χ0n) is 10.9. The molecule has 5 N–H and O–H groups in total. The van der Waals surface area contributed by atoms with E-state index in [4.69, 9.17) is 11.5 Å². The Morgan fingerprint density at radius 2 is 2.00 bits per heavy atom. The molecule has 2 amide bonds. The molecule has 1 rings (SSSR count). The lowest BCUT2D eigenvalue weighted by Crippen LogP contribution is -2.31. The van der Waals surface area contributed by atoms with Crippen LogP contribution in [0.2, 0.25) is 0 Å². The van der Waals surface area contributed by atoms with Gasteiger partial charge in [0.2, 0.25) is 11.8 Å². The lowest BCUT2D eigenvalue weighted by molar-refractivity contribution is -0.116. The van der Waals surface area contributed by atoms with Crippen LogP contribution in [0.5, 0.6) is 0 Å². The zero-order chi connectivity index (χ0) is 14.6. The first-order chi connectivity index (χ1) is 8.81. The maximum Gasteiger partial charge on any atom is 0.248 e. The zero-order valence-corrected chi connectivity index (χ0v) is 10.9. The molecular formula is C13H18FN3O2. The highest BCUT2D eigenvalue weighted by molar-refractivity contribution is 5.96. The van der Waals surface area contributed by atoms with Gasteiger partial charge in [0.15, 0.2) is 0 Å². The molecule has 5 nitrogen and oxygen atoms in total. The number of nitrogens with one attached hydrogen (secondary N) is 1. The van der Waals surface area contributed by atoms with Crippen molar-refractivity contribution in [3.05, 3.63) is 29.6 Å². The molecule has 19 heavy (non-hydrogen) atoms. The molecule has 0 radical (unpaired) electrons. The van der Waals surface area contributed by atoms with Crippen LogP contribution in [0.25, 0.3) is 0 Å². The maximum atomic E-state index is 13.5. The highest BCUT2D eigenvalue weighted by Crippen LogP contribution is 2.16. The topological polar surface area (TPSA) is 98.2 Å².